The molecule has 0 amide bonds. The third-order valence-electron chi connectivity index (χ3n) is 4.70. The lowest BCUT2D eigenvalue weighted by Crippen LogP contribution is -2.36. The summed E-state index contributed by atoms with van der Waals surface area (Å²) in [5.41, 5.74) is 3.59. The van der Waals surface area contributed by atoms with Gasteiger partial charge in [0.05, 0.1) is 5.69 Å². The standard InChI is InChI=1S/C23H31N3/c1-17(18-12-8-7-9-13-18)20-21(25-23(5,6)16-22(2,3)4)26-15-11-10-14-19(26)24-20/h7-15,17,25H,16H2,1-6H3/t17-/m1/s1. The molecule has 138 valence electrons. The van der Waals surface area contributed by atoms with Crippen LogP contribution in [0.15, 0.2) is 54.7 Å². The number of nitrogens with one attached hydrogen (secondary N) is 1. The summed E-state index contributed by atoms with van der Waals surface area (Å²) < 4.78 is 2.18. The molecule has 3 rings (SSSR count). The first kappa shape index (κ1) is 18.5. The van der Waals surface area contributed by atoms with Gasteiger partial charge < -0.3 is 5.32 Å². The lowest BCUT2D eigenvalue weighted by atomic mass is 9.81. The van der Waals surface area contributed by atoms with Gasteiger partial charge in [-0.1, -0.05) is 64.1 Å². The summed E-state index contributed by atoms with van der Waals surface area (Å²) in [4.78, 5) is 4.97. The Bertz CT molecular complexity index is 869. The highest BCUT2D eigenvalue weighted by atomic mass is 15.2. The highest BCUT2D eigenvalue weighted by molar-refractivity contribution is 5.58. The normalized spacial score (nSPS) is 13.8. The second kappa shape index (κ2) is 6.79. The maximum absolute atomic E-state index is 4.97. The zero-order chi connectivity index (χ0) is 18.9. The number of imidazole rings is 1. The molecular formula is C23H31N3. The van der Waals surface area contributed by atoms with Crippen LogP contribution in [0.1, 0.15) is 65.1 Å². The Morgan fingerprint density at radius 3 is 2.27 bits per heavy atom. The van der Waals surface area contributed by atoms with E-state index >= 15 is 0 Å². The van der Waals surface area contributed by atoms with E-state index < -0.39 is 0 Å². The second-order valence-corrected chi connectivity index (χ2v) is 9.15. The Kier molecular flexibility index (Phi) is 4.83. The van der Waals surface area contributed by atoms with Crippen LogP contribution < -0.4 is 5.32 Å². The Hall–Kier alpha value is -2.29. The molecule has 1 atom stereocenters. The number of hydrogen-bond acceptors (Lipinski definition) is 2. The Morgan fingerprint density at radius 1 is 0.962 bits per heavy atom. The molecule has 0 aliphatic carbocycles. The molecule has 0 bridgehead atoms. The van der Waals surface area contributed by atoms with Crippen LogP contribution in [0, 0.1) is 5.41 Å². The molecule has 0 spiro atoms. The number of pyridine rings is 1. The number of nitrogens with zero attached hydrogens (tertiary/aromatic N) is 2. The van der Waals surface area contributed by atoms with Gasteiger partial charge in [-0.25, -0.2) is 4.98 Å². The molecule has 2 aromatic heterocycles. The van der Waals surface area contributed by atoms with Crippen molar-refractivity contribution in [1.29, 1.82) is 0 Å². The van der Waals surface area contributed by atoms with E-state index in [9.17, 15) is 0 Å². The lowest BCUT2D eigenvalue weighted by molar-refractivity contribution is 0.301. The SMILES string of the molecule is C[C@H](c1ccccc1)c1nc2ccccn2c1NC(C)(C)CC(C)(C)C. The van der Waals surface area contributed by atoms with Crippen LogP contribution in [-0.4, -0.2) is 14.9 Å². The van der Waals surface area contributed by atoms with E-state index in [-0.39, 0.29) is 16.9 Å². The minimum atomic E-state index is -0.0325. The smallest absolute Gasteiger partial charge is 0.138 e. The number of benzene rings is 1. The summed E-state index contributed by atoms with van der Waals surface area (Å²) in [6.07, 6.45) is 3.16. The zero-order valence-electron chi connectivity index (χ0n) is 16.9. The van der Waals surface area contributed by atoms with Crippen molar-refractivity contribution in [3.8, 4) is 0 Å². The molecule has 1 N–H and O–H groups in total. The third-order valence-corrected chi connectivity index (χ3v) is 4.70. The van der Waals surface area contributed by atoms with Gasteiger partial charge >= 0.3 is 0 Å². The lowest BCUT2D eigenvalue weighted by Gasteiger charge is -2.34. The predicted octanol–water partition coefficient (Wildman–Crippen LogP) is 6.11. The van der Waals surface area contributed by atoms with Gasteiger partial charge in [0.25, 0.3) is 0 Å². The average Bonchev–Trinajstić information content (AvgIpc) is 2.91. The number of rotatable bonds is 5. The highest BCUT2D eigenvalue weighted by Gasteiger charge is 2.29. The van der Waals surface area contributed by atoms with Gasteiger partial charge in [-0.3, -0.25) is 4.40 Å². The fourth-order valence-corrected chi connectivity index (χ4v) is 4.03. The number of fused-ring (bicyclic) bond motifs is 1. The molecule has 0 unspecified atom stereocenters. The first-order valence-corrected chi connectivity index (χ1v) is 9.46. The molecule has 3 heteroatoms. The molecule has 0 aliphatic heterocycles. The van der Waals surface area contributed by atoms with Crippen molar-refractivity contribution < 1.29 is 0 Å². The van der Waals surface area contributed by atoms with Gasteiger partial charge in [-0.05, 0) is 43.4 Å². The fraction of sp³-hybridized carbons (Fsp3) is 0.435. The molecule has 2 heterocycles. The van der Waals surface area contributed by atoms with Crippen molar-refractivity contribution in [2.24, 2.45) is 5.41 Å². The van der Waals surface area contributed by atoms with Crippen molar-refractivity contribution in [2.45, 2.75) is 59.4 Å². The summed E-state index contributed by atoms with van der Waals surface area (Å²) in [7, 11) is 0. The van der Waals surface area contributed by atoms with Crippen molar-refractivity contribution in [2.75, 3.05) is 5.32 Å². The Labute approximate surface area is 157 Å². The monoisotopic (exact) mass is 349 g/mol. The fourth-order valence-electron chi connectivity index (χ4n) is 4.03. The number of hydrogen-bond donors (Lipinski definition) is 1. The van der Waals surface area contributed by atoms with E-state index in [1.807, 2.05) is 6.07 Å². The van der Waals surface area contributed by atoms with Gasteiger partial charge in [0.2, 0.25) is 0 Å². The van der Waals surface area contributed by atoms with Crippen molar-refractivity contribution >= 4 is 11.5 Å². The molecule has 0 fully saturated rings. The highest BCUT2D eigenvalue weighted by Crippen LogP contribution is 2.35. The van der Waals surface area contributed by atoms with E-state index in [1.54, 1.807) is 0 Å². The zero-order valence-corrected chi connectivity index (χ0v) is 16.9. The van der Waals surface area contributed by atoms with Gasteiger partial charge in [0.1, 0.15) is 11.5 Å². The summed E-state index contributed by atoms with van der Waals surface area (Å²) in [5.74, 6) is 1.33. The molecule has 0 radical (unpaired) electrons. The summed E-state index contributed by atoms with van der Waals surface area (Å²) in [6, 6.07) is 16.8. The van der Waals surface area contributed by atoms with Crippen molar-refractivity contribution in [1.82, 2.24) is 9.38 Å². The second-order valence-electron chi connectivity index (χ2n) is 9.15. The van der Waals surface area contributed by atoms with Crippen molar-refractivity contribution in [3.05, 3.63) is 66.0 Å². The Balaban J connectivity index is 2.05. The minimum Gasteiger partial charge on any atom is -0.365 e. The molecule has 0 saturated heterocycles. The van der Waals surface area contributed by atoms with Gasteiger partial charge in [-0.15, -0.1) is 0 Å². The maximum atomic E-state index is 4.97. The summed E-state index contributed by atoms with van der Waals surface area (Å²) >= 11 is 0. The molecule has 0 aliphatic rings. The maximum Gasteiger partial charge on any atom is 0.138 e. The van der Waals surface area contributed by atoms with E-state index in [2.05, 4.69) is 99.9 Å². The molecule has 0 saturated carbocycles. The van der Waals surface area contributed by atoms with Gasteiger partial charge in [0, 0.05) is 17.7 Å². The minimum absolute atomic E-state index is 0.0325. The topological polar surface area (TPSA) is 29.3 Å². The van der Waals surface area contributed by atoms with Crippen LogP contribution in [0.5, 0.6) is 0 Å². The van der Waals surface area contributed by atoms with Crippen LogP contribution in [0.25, 0.3) is 5.65 Å². The Morgan fingerprint density at radius 2 is 1.62 bits per heavy atom. The largest absolute Gasteiger partial charge is 0.365 e. The van der Waals surface area contributed by atoms with Crippen LogP contribution >= 0.6 is 0 Å². The van der Waals surface area contributed by atoms with Crippen LogP contribution in [0.2, 0.25) is 0 Å². The van der Waals surface area contributed by atoms with Crippen LogP contribution in [-0.2, 0) is 0 Å². The van der Waals surface area contributed by atoms with Crippen LogP contribution in [0.4, 0.5) is 5.82 Å². The van der Waals surface area contributed by atoms with Gasteiger partial charge in [0.15, 0.2) is 0 Å². The molecule has 3 nitrogen and oxygen atoms in total. The predicted molar refractivity (Wildman–Crippen MR) is 111 cm³/mol. The third kappa shape index (κ3) is 4.09. The quantitative estimate of drug-likeness (QED) is 0.602. The molecule has 26 heavy (non-hydrogen) atoms. The number of anilines is 1. The van der Waals surface area contributed by atoms with Crippen molar-refractivity contribution in [3.63, 3.8) is 0 Å². The van der Waals surface area contributed by atoms with E-state index in [0.717, 1.165) is 23.6 Å². The van der Waals surface area contributed by atoms with E-state index in [0.29, 0.717) is 0 Å². The van der Waals surface area contributed by atoms with Crippen LogP contribution in [0.3, 0.4) is 0 Å². The summed E-state index contributed by atoms with van der Waals surface area (Å²) in [6.45, 7) is 13.7. The van der Waals surface area contributed by atoms with Gasteiger partial charge in [-0.2, -0.15) is 0 Å². The van der Waals surface area contributed by atoms with E-state index in [4.69, 9.17) is 4.98 Å². The first-order chi connectivity index (χ1) is 12.2. The van der Waals surface area contributed by atoms with E-state index in [1.165, 1.54) is 5.56 Å². The average molecular weight is 350 g/mol. The molecule has 1 aromatic carbocycles. The summed E-state index contributed by atoms with van der Waals surface area (Å²) in [5, 5.41) is 3.82. The first-order valence-electron chi connectivity index (χ1n) is 9.46. The molecular weight excluding hydrogens is 318 g/mol. The number of aromatic nitrogens is 2. The molecule has 3 aromatic rings.